The summed E-state index contributed by atoms with van der Waals surface area (Å²) in [5.74, 6) is 1.33. The Labute approximate surface area is 267 Å². The number of anilines is 1. The van der Waals surface area contributed by atoms with Gasteiger partial charge in [0.25, 0.3) is 5.91 Å². The molecule has 1 amide bonds. The van der Waals surface area contributed by atoms with Crippen molar-refractivity contribution in [3.05, 3.63) is 108 Å². The second-order valence-corrected chi connectivity index (χ2v) is 12.0. The molecule has 7 nitrogen and oxygen atoms in total. The van der Waals surface area contributed by atoms with Crippen molar-refractivity contribution in [1.82, 2.24) is 19.4 Å². The topological polar surface area (TPSA) is 53.8 Å². The second-order valence-electron chi connectivity index (χ2n) is 12.0. The Morgan fingerprint density at radius 2 is 1.64 bits per heavy atom. The predicted molar refractivity (Wildman–Crippen MR) is 184 cm³/mol. The van der Waals surface area contributed by atoms with E-state index in [9.17, 15) is 4.79 Å². The molecule has 0 spiro atoms. The first-order valence-electron chi connectivity index (χ1n) is 16.4. The van der Waals surface area contributed by atoms with Gasteiger partial charge in [0.2, 0.25) is 5.95 Å². The average molecular weight is 604 g/mol. The number of fused-ring (bicyclic) bond motifs is 2. The van der Waals surface area contributed by atoms with Crippen molar-refractivity contribution < 1.29 is 9.53 Å². The van der Waals surface area contributed by atoms with E-state index in [0.29, 0.717) is 13.2 Å². The molecular weight excluding hydrogens is 558 g/mol. The largest absolute Gasteiger partial charge is 0.380 e. The van der Waals surface area contributed by atoms with Crippen LogP contribution < -0.4 is 4.90 Å². The Hall–Kier alpha value is -4.20. The first-order valence-corrected chi connectivity index (χ1v) is 16.4. The first kappa shape index (κ1) is 30.8. The number of ether oxygens (including phenoxy) is 1. The van der Waals surface area contributed by atoms with Crippen LogP contribution in [0.4, 0.5) is 5.95 Å². The van der Waals surface area contributed by atoms with E-state index < -0.39 is 0 Å². The normalized spacial score (nSPS) is 14.9. The van der Waals surface area contributed by atoms with Gasteiger partial charge in [0.1, 0.15) is 0 Å². The van der Waals surface area contributed by atoms with Gasteiger partial charge in [-0.2, -0.15) is 0 Å². The van der Waals surface area contributed by atoms with E-state index in [2.05, 4.69) is 81.1 Å². The maximum atomic E-state index is 13.4. The zero-order valence-electron chi connectivity index (χ0n) is 26.6. The van der Waals surface area contributed by atoms with Gasteiger partial charge in [0.05, 0.1) is 17.6 Å². The van der Waals surface area contributed by atoms with Crippen molar-refractivity contribution in [2.45, 2.75) is 32.2 Å². The Bertz CT molecular complexity index is 1700. The standard InChI is InChI=1S/C38H45N5O2/c1-3-45-28-27-43-36-20-10-9-19-35(36)39-38(43)42-23-12-22-41(25-26-42)24-21-32(29-40(2)37(44)31-14-5-4-6-15-31)34-18-11-16-30-13-7-8-17-33(30)34/h4-11,13-20,32H,3,12,21-29H2,1-2H3. The van der Waals surface area contributed by atoms with Crippen LogP contribution in [0.3, 0.4) is 0 Å². The van der Waals surface area contributed by atoms with Crippen LogP contribution in [0.1, 0.15) is 41.6 Å². The Balaban J connectivity index is 1.17. The van der Waals surface area contributed by atoms with Crippen LogP contribution in [0.15, 0.2) is 97.1 Å². The molecule has 1 aliphatic heterocycles. The number of para-hydroxylation sites is 2. The minimum Gasteiger partial charge on any atom is -0.380 e. The fraction of sp³-hybridized carbons (Fsp3) is 0.368. The van der Waals surface area contributed by atoms with Crippen LogP contribution >= 0.6 is 0 Å². The van der Waals surface area contributed by atoms with E-state index >= 15 is 0 Å². The molecule has 45 heavy (non-hydrogen) atoms. The minimum atomic E-state index is 0.0680. The number of amides is 1. The fourth-order valence-corrected chi connectivity index (χ4v) is 6.72. The number of nitrogens with zero attached hydrogens (tertiary/aromatic N) is 5. The highest BCUT2D eigenvalue weighted by Crippen LogP contribution is 2.30. The fourth-order valence-electron chi connectivity index (χ4n) is 6.72. The van der Waals surface area contributed by atoms with Crippen LogP contribution in [0.25, 0.3) is 21.8 Å². The molecule has 0 saturated carbocycles. The lowest BCUT2D eigenvalue weighted by Gasteiger charge is -2.28. The lowest BCUT2D eigenvalue weighted by atomic mass is 9.90. The summed E-state index contributed by atoms with van der Waals surface area (Å²) in [5.41, 5.74) is 4.26. The Morgan fingerprint density at radius 1 is 0.867 bits per heavy atom. The molecule has 1 saturated heterocycles. The van der Waals surface area contributed by atoms with Crippen LogP contribution in [0.5, 0.6) is 0 Å². The third-order valence-electron chi connectivity index (χ3n) is 9.09. The second kappa shape index (κ2) is 14.7. The molecule has 4 aromatic carbocycles. The molecule has 0 radical (unpaired) electrons. The van der Waals surface area contributed by atoms with Gasteiger partial charge in [-0.15, -0.1) is 0 Å². The lowest BCUT2D eigenvalue weighted by Crippen LogP contribution is -2.35. The Morgan fingerprint density at radius 3 is 2.51 bits per heavy atom. The number of hydrogen-bond donors (Lipinski definition) is 0. The van der Waals surface area contributed by atoms with Gasteiger partial charge in [0.15, 0.2) is 0 Å². The molecule has 7 heteroatoms. The van der Waals surface area contributed by atoms with Crippen LogP contribution in [-0.4, -0.2) is 84.8 Å². The van der Waals surface area contributed by atoms with E-state index in [-0.39, 0.29) is 11.8 Å². The minimum absolute atomic E-state index is 0.0680. The van der Waals surface area contributed by atoms with Crippen LogP contribution in [-0.2, 0) is 11.3 Å². The molecule has 1 fully saturated rings. The number of carbonyl (C=O) groups is 1. The van der Waals surface area contributed by atoms with E-state index in [0.717, 1.165) is 75.7 Å². The van der Waals surface area contributed by atoms with Gasteiger partial charge in [-0.25, -0.2) is 4.98 Å². The van der Waals surface area contributed by atoms with Crippen LogP contribution in [0, 0.1) is 0 Å². The van der Waals surface area contributed by atoms with Gasteiger partial charge in [-0.1, -0.05) is 72.8 Å². The molecule has 1 atom stereocenters. The molecular formula is C38H45N5O2. The van der Waals surface area contributed by atoms with Gasteiger partial charge in [-0.05, 0) is 73.5 Å². The summed E-state index contributed by atoms with van der Waals surface area (Å²) in [6, 6.07) is 33.2. The highest BCUT2D eigenvalue weighted by molar-refractivity contribution is 5.94. The molecule has 0 N–H and O–H groups in total. The average Bonchev–Trinajstić information content (AvgIpc) is 3.28. The SMILES string of the molecule is CCOCCn1c(N2CCCN(CCC(CN(C)C(=O)c3ccccc3)c3cccc4ccccc34)CC2)nc2ccccc21. The van der Waals surface area contributed by atoms with E-state index in [4.69, 9.17) is 9.72 Å². The van der Waals surface area contributed by atoms with Gasteiger partial charge in [-0.3, -0.25) is 4.79 Å². The number of rotatable bonds is 12. The molecule has 0 bridgehead atoms. The zero-order valence-corrected chi connectivity index (χ0v) is 26.6. The monoisotopic (exact) mass is 603 g/mol. The van der Waals surface area contributed by atoms with Crippen molar-refractivity contribution in [2.75, 3.05) is 64.4 Å². The summed E-state index contributed by atoms with van der Waals surface area (Å²) in [6.07, 6.45) is 2.06. The van der Waals surface area contributed by atoms with E-state index in [1.807, 2.05) is 49.2 Å². The van der Waals surface area contributed by atoms with E-state index in [1.165, 1.54) is 21.9 Å². The number of carbonyl (C=O) groups excluding carboxylic acids is 1. The molecule has 1 unspecified atom stereocenters. The van der Waals surface area contributed by atoms with Gasteiger partial charge in [0, 0.05) is 57.9 Å². The molecule has 6 rings (SSSR count). The maximum Gasteiger partial charge on any atom is 0.253 e. The Kier molecular flexibility index (Phi) is 10.1. The quantitative estimate of drug-likeness (QED) is 0.149. The number of benzene rings is 4. The van der Waals surface area contributed by atoms with Crippen molar-refractivity contribution in [3.8, 4) is 0 Å². The third kappa shape index (κ3) is 7.21. The van der Waals surface area contributed by atoms with Crippen molar-refractivity contribution in [2.24, 2.45) is 0 Å². The molecule has 0 aliphatic carbocycles. The third-order valence-corrected chi connectivity index (χ3v) is 9.09. The number of aromatic nitrogens is 2. The summed E-state index contributed by atoms with van der Waals surface area (Å²) < 4.78 is 8.05. The number of hydrogen-bond acceptors (Lipinski definition) is 5. The van der Waals surface area contributed by atoms with Crippen molar-refractivity contribution in [3.63, 3.8) is 0 Å². The summed E-state index contributed by atoms with van der Waals surface area (Å²) in [6.45, 7) is 9.84. The molecule has 5 aromatic rings. The van der Waals surface area contributed by atoms with Gasteiger partial charge >= 0.3 is 0 Å². The molecule has 1 aromatic heterocycles. The highest BCUT2D eigenvalue weighted by atomic mass is 16.5. The van der Waals surface area contributed by atoms with Crippen molar-refractivity contribution in [1.29, 1.82) is 0 Å². The summed E-state index contributed by atoms with van der Waals surface area (Å²) in [7, 11) is 1.94. The number of likely N-dealkylation sites (N-methyl/N-ethyl adjacent to an activating group) is 1. The molecule has 234 valence electrons. The zero-order chi connectivity index (χ0) is 31.0. The number of imidazole rings is 1. The van der Waals surface area contributed by atoms with E-state index in [1.54, 1.807) is 0 Å². The van der Waals surface area contributed by atoms with Gasteiger partial charge < -0.3 is 24.0 Å². The lowest BCUT2D eigenvalue weighted by molar-refractivity contribution is 0.0783. The summed E-state index contributed by atoms with van der Waals surface area (Å²) in [5, 5.41) is 2.52. The maximum absolute atomic E-state index is 13.4. The van der Waals surface area contributed by atoms with Crippen molar-refractivity contribution >= 4 is 33.7 Å². The predicted octanol–water partition coefficient (Wildman–Crippen LogP) is 6.68. The first-order chi connectivity index (χ1) is 22.1. The smallest absolute Gasteiger partial charge is 0.253 e. The molecule has 2 heterocycles. The summed E-state index contributed by atoms with van der Waals surface area (Å²) in [4.78, 5) is 25.4. The molecule has 1 aliphatic rings. The highest BCUT2D eigenvalue weighted by Gasteiger charge is 2.24. The van der Waals surface area contributed by atoms with Crippen LogP contribution in [0.2, 0.25) is 0 Å². The summed E-state index contributed by atoms with van der Waals surface area (Å²) >= 11 is 0.